The molecule has 13 heavy (non-hydrogen) atoms. The van der Waals surface area contributed by atoms with Gasteiger partial charge in [0.25, 0.3) is 0 Å². The summed E-state index contributed by atoms with van der Waals surface area (Å²) in [5.41, 5.74) is 0. The lowest BCUT2D eigenvalue weighted by Crippen LogP contribution is -2.39. The van der Waals surface area contributed by atoms with Crippen molar-refractivity contribution in [1.82, 2.24) is 0 Å². The van der Waals surface area contributed by atoms with Crippen molar-refractivity contribution in [3.05, 3.63) is 0 Å². The zero-order valence-electron chi connectivity index (χ0n) is 9.21. The maximum Gasteiger partial charge on any atom is 0.503 e. The molecule has 0 saturated heterocycles. The minimum Gasteiger partial charge on any atom is -0.456 e. The van der Waals surface area contributed by atoms with E-state index in [1.807, 2.05) is 0 Å². The largest absolute Gasteiger partial charge is 0.503 e. The molecule has 0 fully saturated rings. The minimum atomic E-state index is -1.83. The molecule has 0 spiro atoms. The summed E-state index contributed by atoms with van der Waals surface area (Å²) >= 11 is 0. The lowest BCUT2D eigenvalue weighted by atomic mass is 11.5. The molecule has 0 aliphatic rings. The van der Waals surface area contributed by atoms with Crippen molar-refractivity contribution < 1.29 is 19.1 Å². The van der Waals surface area contributed by atoms with E-state index in [4.69, 9.17) is 19.1 Å². The lowest BCUT2D eigenvalue weighted by molar-refractivity contribution is 0.137. The van der Waals surface area contributed by atoms with E-state index in [1.54, 1.807) is 0 Å². The van der Waals surface area contributed by atoms with Gasteiger partial charge in [-0.1, -0.05) is 0 Å². The molecular weight excluding hydrogens is 204 g/mol. The van der Waals surface area contributed by atoms with Gasteiger partial charge in [-0.15, -0.1) is 0 Å². The molecule has 0 aromatic carbocycles. The van der Waals surface area contributed by atoms with E-state index in [2.05, 4.69) is 39.3 Å². The Bertz CT molecular complexity index is 141. The Kier molecular flexibility index (Phi) is 6.30. The summed E-state index contributed by atoms with van der Waals surface area (Å²) in [4.78, 5) is 8.56. The highest BCUT2D eigenvalue weighted by Gasteiger charge is 2.24. The van der Waals surface area contributed by atoms with Gasteiger partial charge in [0.2, 0.25) is 0 Å². The van der Waals surface area contributed by atoms with Crippen molar-refractivity contribution in [1.29, 1.82) is 0 Å². The van der Waals surface area contributed by atoms with Crippen LogP contribution in [0.4, 0.5) is 4.79 Å². The molecule has 80 valence electrons. The van der Waals surface area contributed by atoms with Gasteiger partial charge < -0.3 is 14.3 Å². The average Bonchev–Trinajstić information content (AvgIpc) is 1.47. The maximum absolute atomic E-state index is 8.56. The summed E-state index contributed by atoms with van der Waals surface area (Å²) in [5, 5.41) is 13.9. The second-order valence-electron chi connectivity index (χ2n) is 4.61. The molecular formula is C7H20O4Si2. The number of rotatable bonds is 2. The van der Waals surface area contributed by atoms with Crippen molar-refractivity contribution in [2.75, 3.05) is 0 Å². The van der Waals surface area contributed by atoms with Gasteiger partial charge >= 0.3 is 6.16 Å². The first-order chi connectivity index (χ1) is 5.44. The fourth-order valence-electron chi connectivity index (χ4n) is 0.919. The van der Waals surface area contributed by atoms with Gasteiger partial charge in [0.05, 0.1) is 0 Å². The highest BCUT2D eigenvalue weighted by atomic mass is 28.4. The first-order valence-corrected chi connectivity index (χ1v) is 10.9. The zero-order chi connectivity index (χ0) is 11.3. The summed E-state index contributed by atoms with van der Waals surface area (Å²) in [7, 11) is -2.46. The van der Waals surface area contributed by atoms with Gasteiger partial charge in [-0.2, -0.15) is 0 Å². The SMILES string of the molecule is C[Si](C)(C)O[Si](C)(C)C.O=C(O)O. The quantitative estimate of drug-likeness (QED) is 0.708. The molecule has 0 atom stereocenters. The van der Waals surface area contributed by atoms with Crippen LogP contribution in [0.3, 0.4) is 0 Å². The van der Waals surface area contributed by atoms with Crippen molar-refractivity contribution in [3.8, 4) is 0 Å². The summed E-state index contributed by atoms with van der Waals surface area (Å²) in [6.07, 6.45) is -1.83. The van der Waals surface area contributed by atoms with Gasteiger partial charge in [0.15, 0.2) is 16.6 Å². The predicted octanol–water partition coefficient (Wildman–Crippen LogP) is 2.90. The Morgan fingerprint density at radius 3 is 1.08 bits per heavy atom. The summed E-state index contributed by atoms with van der Waals surface area (Å²) in [6, 6.07) is 0. The summed E-state index contributed by atoms with van der Waals surface area (Å²) < 4.78 is 5.90. The third-order valence-electron chi connectivity index (χ3n) is 0.612. The number of hydrogen-bond acceptors (Lipinski definition) is 2. The fraction of sp³-hybridized carbons (Fsp3) is 0.857. The van der Waals surface area contributed by atoms with Crippen LogP contribution < -0.4 is 0 Å². The molecule has 0 rings (SSSR count). The third kappa shape index (κ3) is 34.0. The Morgan fingerprint density at radius 2 is 1.08 bits per heavy atom. The molecule has 0 saturated carbocycles. The molecule has 0 unspecified atom stereocenters. The van der Waals surface area contributed by atoms with Gasteiger partial charge in [0.1, 0.15) is 0 Å². The molecule has 2 N–H and O–H groups in total. The molecule has 6 heteroatoms. The van der Waals surface area contributed by atoms with Crippen molar-refractivity contribution in [3.63, 3.8) is 0 Å². The first-order valence-electron chi connectivity index (χ1n) is 4.06. The van der Waals surface area contributed by atoms with Crippen molar-refractivity contribution >= 4 is 22.8 Å². The van der Waals surface area contributed by atoms with Crippen LogP contribution in [0.5, 0.6) is 0 Å². The third-order valence-corrected chi connectivity index (χ3v) is 5.51. The molecule has 0 radical (unpaired) electrons. The second kappa shape index (κ2) is 5.41. The highest BCUT2D eigenvalue weighted by Crippen LogP contribution is 2.12. The zero-order valence-corrected chi connectivity index (χ0v) is 11.2. The topological polar surface area (TPSA) is 66.8 Å². The average molecular weight is 224 g/mol. The van der Waals surface area contributed by atoms with Gasteiger partial charge in [-0.25, -0.2) is 4.79 Å². The fourth-order valence-corrected chi connectivity index (χ4v) is 8.27. The molecule has 0 aliphatic heterocycles. The maximum atomic E-state index is 8.56. The van der Waals surface area contributed by atoms with E-state index in [0.29, 0.717) is 0 Å². The number of hydrogen-bond donors (Lipinski definition) is 2. The normalized spacial score (nSPS) is 11.5. The second-order valence-corrected chi connectivity index (χ2v) is 13.9. The van der Waals surface area contributed by atoms with E-state index in [-0.39, 0.29) is 0 Å². The minimum absolute atomic E-state index is 1.23. The van der Waals surface area contributed by atoms with Crippen LogP contribution in [-0.4, -0.2) is 33.0 Å². The smallest absolute Gasteiger partial charge is 0.456 e. The molecule has 0 amide bonds. The molecule has 0 bridgehead atoms. The summed E-state index contributed by atoms with van der Waals surface area (Å²) in [6.45, 7) is 13.4. The number of carbonyl (C=O) groups is 1. The van der Waals surface area contributed by atoms with Gasteiger partial charge in [-0.05, 0) is 39.3 Å². The van der Waals surface area contributed by atoms with Gasteiger partial charge in [0, 0.05) is 0 Å². The highest BCUT2D eigenvalue weighted by molar-refractivity contribution is 6.83. The van der Waals surface area contributed by atoms with Gasteiger partial charge in [-0.3, -0.25) is 0 Å². The van der Waals surface area contributed by atoms with Crippen LogP contribution in [0, 0.1) is 0 Å². The Balaban J connectivity index is 0. The van der Waals surface area contributed by atoms with Crippen molar-refractivity contribution in [2.45, 2.75) is 39.3 Å². The molecule has 0 aliphatic carbocycles. The van der Waals surface area contributed by atoms with Crippen LogP contribution in [-0.2, 0) is 4.12 Å². The Morgan fingerprint density at radius 1 is 0.923 bits per heavy atom. The Labute approximate surface area is 81.8 Å². The molecule has 0 aromatic heterocycles. The summed E-state index contributed by atoms with van der Waals surface area (Å²) in [5.74, 6) is 0. The monoisotopic (exact) mass is 224 g/mol. The number of carboxylic acid groups (broad SMARTS) is 2. The van der Waals surface area contributed by atoms with E-state index < -0.39 is 22.8 Å². The lowest BCUT2D eigenvalue weighted by Gasteiger charge is -2.27. The molecule has 4 nitrogen and oxygen atoms in total. The standard InChI is InChI=1S/C6H18OSi2.CH2O3/c1-8(2,3)7-9(4,5)6;2-1(3)4/h1-6H3;(H2,2,3,4). The Hall–Kier alpha value is -0.336. The van der Waals surface area contributed by atoms with E-state index >= 15 is 0 Å². The predicted molar refractivity (Wildman–Crippen MR) is 58.4 cm³/mol. The van der Waals surface area contributed by atoms with E-state index in [0.717, 1.165) is 0 Å². The van der Waals surface area contributed by atoms with Crippen LogP contribution in [0.2, 0.25) is 39.3 Å². The first kappa shape index (κ1) is 15.2. The molecule has 0 heterocycles. The van der Waals surface area contributed by atoms with Crippen LogP contribution in [0.25, 0.3) is 0 Å². The molecule has 0 aromatic rings. The van der Waals surface area contributed by atoms with Crippen LogP contribution in [0.15, 0.2) is 0 Å². The van der Waals surface area contributed by atoms with Crippen LogP contribution in [0.1, 0.15) is 0 Å². The van der Waals surface area contributed by atoms with Crippen molar-refractivity contribution in [2.24, 2.45) is 0 Å². The van der Waals surface area contributed by atoms with Crippen LogP contribution >= 0.6 is 0 Å². The van der Waals surface area contributed by atoms with E-state index in [1.165, 1.54) is 0 Å². The van der Waals surface area contributed by atoms with E-state index in [9.17, 15) is 0 Å².